The zero-order valence-electron chi connectivity index (χ0n) is 15.9. The van der Waals surface area contributed by atoms with Gasteiger partial charge >= 0.3 is 0 Å². The smallest absolute Gasteiger partial charge is 0.253 e. The predicted octanol–water partition coefficient (Wildman–Crippen LogP) is 4.03. The lowest BCUT2D eigenvalue weighted by Crippen LogP contribution is -2.32. The van der Waals surface area contributed by atoms with E-state index >= 15 is 0 Å². The number of carbonyl (C=O) groups is 2. The van der Waals surface area contributed by atoms with Crippen molar-refractivity contribution in [3.8, 4) is 0 Å². The third-order valence-electron chi connectivity index (χ3n) is 5.00. The van der Waals surface area contributed by atoms with Crippen molar-refractivity contribution in [2.45, 2.75) is 32.2 Å². The molecule has 0 spiro atoms. The van der Waals surface area contributed by atoms with Crippen molar-refractivity contribution >= 4 is 34.5 Å². The van der Waals surface area contributed by atoms with Gasteiger partial charge in [0, 0.05) is 18.3 Å². The van der Waals surface area contributed by atoms with Gasteiger partial charge in [0.2, 0.25) is 11.9 Å². The average Bonchev–Trinajstić information content (AvgIpc) is 3.18. The van der Waals surface area contributed by atoms with E-state index in [1.165, 1.54) is 6.07 Å². The van der Waals surface area contributed by atoms with Crippen molar-refractivity contribution in [3.63, 3.8) is 0 Å². The van der Waals surface area contributed by atoms with E-state index in [1.807, 2.05) is 31.2 Å². The average molecular weight is 398 g/mol. The van der Waals surface area contributed by atoms with Crippen LogP contribution in [0.2, 0.25) is 0 Å². The van der Waals surface area contributed by atoms with Gasteiger partial charge in [0.15, 0.2) is 11.6 Å². The molecule has 0 aliphatic carbocycles. The second-order valence-corrected chi connectivity index (χ2v) is 7.01. The number of fused-ring (bicyclic) bond motifs is 3. The highest BCUT2D eigenvalue weighted by Crippen LogP contribution is 2.36. The molecule has 1 N–H and O–H groups in total. The number of amides is 2. The first-order chi connectivity index (χ1) is 14.0. The molecule has 1 aliphatic rings. The van der Waals surface area contributed by atoms with E-state index in [9.17, 15) is 18.4 Å². The minimum atomic E-state index is -1.05. The summed E-state index contributed by atoms with van der Waals surface area (Å²) in [4.78, 5) is 31.8. The number of imidazole rings is 1. The second-order valence-electron chi connectivity index (χ2n) is 7.01. The quantitative estimate of drug-likeness (QED) is 0.682. The normalized spacial score (nSPS) is 15.8. The number of nitrogens with zero attached hydrogens (tertiary/aromatic N) is 3. The Morgan fingerprint density at radius 2 is 1.97 bits per heavy atom. The molecule has 29 heavy (non-hydrogen) atoms. The van der Waals surface area contributed by atoms with E-state index in [4.69, 9.17) is 0 Å². The number of rotatable bonds is 6. The SMILES string of the molecule is CCCCN1C(=O)[C@H](CC(=O)Nc2ccc(F)c(F)c2)n2c1nc1ccccc12. The Kier molecular flexibility index (Phi) is 5.00. The summed E-state index contributed by atoms with van der Waals surface area (Å²) in [6.45, 7) is 2.57. The zero-order valence-corrected chi connectivity index (χ0v) is 15.9. The molecule has 2 amide bonds. The molecule has 4 rings (SSSR count). The van der Waals surface area contributed by atoms with E-state index in [1.54, 1.807) is 9.47 Å². The summed E-state index contributed by atoms with van der Waals surface area (Å²) in [5, 5.41) is 2.54. The van der Waals surface area contributed by atoms with Gasteiger partial charge in [-0.1, -0.05) is 25.5 Å². The molecule has 2 heterocycles. The summed E-state index contributed by atoms with van der Waals surface area (Å²) in [6.07, 6.45) is 1.61. The van der Waals surface area contributed by atoms with Crippen LogP contribution in [0.3, 0.4) is 0 Å². The molecule has 8 heteroatoms. The van der Waals surface area contributed by atoms with Crippen LogP contribution in [-0.2, 0) is 9.59 Å². The molecule has 1 aromatic heterocycles. The van der Waals surface area contributed by atoms with Gasteiger partial charge in [0.25, 0.3) is 5.91 Å². The lowest BCUT2D eigenvalue weighted by atomic mass is 10.1. The summed E-state index contributed by atoms with van der Waals surface area (Å²) < 4.78 is 28.3. The number of halogens is 2. The molecular weight excluding hydrogens is 378 g/mol. The maximum Gasteiger partial charge on any atom is 0.253 e. The van der Waals surface area contributed by atoms with Crippen molar-refractivity contribution in [3.05, 3.63) is 54.1 Å². The Labute approximate surface area is 166 Å². The van der Waals surface area contributed by atoms with Gasteiger partial charge in [-0.15, -0.1) is 0 Å². The molecule has 0 unspecified atom stereocenters. The van der Waals surface area contributed by atoms with Crippen molar-refractivity contribution in [1.29, 1.82) is 0 Å². The second kappa shape index (κ2) is 7.62. The van der Waals surface area contributed by atoms with Crippen molar-refractivity contribution < 1.29 is 18.4 Å². The summed E-state index contributed by atoms with van der Waals surface area (Å²) >= 11 is 0. The summed E-state index contributed by atoms with van der Waals surface area (Å²) in [6, 6.07) is 9.85. The monoisotopic (exact) mass is 398 g/mol. The van der Waals surface area contributed by atoms with Gasteiger partial charge in [0.1, 0.15) is 6.04 Å². The van der Waals surface area contributed by atoms with E-state index < -0.39 is 23.6 Å². The molecule has 0 radical (unpaired) electrons. The third kappa shape index (κ3) is 3.46. The molecular formula is C21H20F2N4O2. The minimum Gasteiger partial charge on any atom is -0.326 e. The topological polar surface area (TPSA) is 67.2 Å². The standard InChI is InChI=1S/C21H20F2N4O2/c1-2-3-10-26-20(29)18(27-17-7-5-4-6-16(17)25-21(26)27)12-19(28)24-13-8-9-14(22)15(23)11-13/h4-9,11,18H,2-3,10,12H2,1H3,(H,24,28)/t18-/m0/s1. The van der Waals surface area contributed by atoms with Gasteiger partial charge in [-0.25, -0.2) is 13.8 Å². The zero-order chi connectivity index (χ0) is 20.5. The highest BCUT2D eigenvalue weighted by molar-refractivity contribution is 6.05. The molecule has 0 bridgehead atoms. The number of carbonyl (C=O) groups excluding carboxylic acids is 2. The van der Waals surface area contributed by atoms with Crippen LogP contribution in [0.25, 0.3) is 11.0 Å². The van der Waals surface area contributed by atoms with Gasteiger partial charge in [-0.3, -0.25) is 19.1 Å². The van der Waals surface area contributed by atoms with E-state index in [2.05, 4.69) is 10.3 Å². The Hall–Kier alpha value is -3.29. The van der Waals surface area contributed by atoms with Crippen LogP contribution in [-0.4, -0.2) is 27.9 Å². The van der Waals surface area contributed by atoms with Gasteiger partial charge in [-0.2, -0.15) is 0 Å². The Bertz CT molecular complexity index is 1100. The van der Waals surface area contributed by atoms with Crippen LogP contribution >= 0.6 is 0 Å². The number of nitrogens with one attached hydrogen (secondary N) is 1. The van der Waals surface area contributed by atoms with Crippen LogP contribution in [0.15, 0.2) is 42.5 Å². The number of hydrogen-bond acceptors (Lipinski definition) is 3. The summed E-state index contributed by atoms with van der Waals surface area (Å²) in [5.74, 6) is -2.15. The lowest BCUT2D eigenvalue weighted by molar-refractivity contribution is -0.124. The van der Waals surface area contributed by atoms with Gasteiger partial charge in [0.05, 0.1) is 17.5 Å². The number of benzene rings is 2. The molecule has 0 fully saturated rings. The molecule has 3 aromatic rings. The Morgan fingerprint density at radius 3 is 2.72 bits per heavy atom. The fourth-order valence-electron chi connectivity index (χ4n) is 3.58. The minimum absolute atomic E-state index is 0.131. The van der Waals surface area contributed by atoms with Crippen LogP contribution < -0.4 is 10.2 Å². The van der Waals surface area contributed by atoms with Crippen molar-refractivity contribution in [2.75, 3.05) is 16.8 Å². The van der Waals surface area contributed by atoms with Gasteiger partial charge < -0.3 is 5.32 Å². The maximum absolute atomic E-state index is 13.4. The number of anilines is 2. The molecule has 150 valence electrons. The summed E-state index contributed by atoms with van der Waals surface area (Å²) in [7, 11) is 0. The van der Waals surface area contributed by atoms with Crippen LogP contribution in [0.5, 0.6) is 0 Å². The fraction of sp³-hybridized carbons (Fsp3) is 0.286. The maximum atomic E-state index is 13.4. The van der Waals surface area contributed by atoms with E-state index in [0.717, 1.165) is 36.0 Å². The van der Waals surface area contributed by atoms with Crippen LogP contribution in [0, 0.1) is 11.6 Å². The number of aromatic nitrogens is 2. The van der Waals surface area contributed by atoms with Crippen molar-refractivity contribution in [2.24, 2.45) is 0 Å². The third-order valence-corrected chi connectivity index (χ3v) is 5.00. The number of para-hydroxylation sites is 2. The fourth-order valence-corrected chi connectivity index (χ4v) is 3.58. The first-order valence-electron chi connectivity index (χ1n) is 9.53. The first-order valence-corrected chi connectivity index (χ1v) is 9.53. The molecule has 2 aromatic carbocycles. The largest absolute Gasteiger partial charge is 0.326 e. The molecule has 1 aliphatic heterocycles. The highest BCUT2D eigenvalue weighted by Gasteiger charge is 2.40. The highest BCUT2D eigenvalue weighted by atomic mass is 19.2. The van der Waals surface area contributed by atoms with Gasteiger partial charge in [-0.05, 0) is 30.7 Å². The molecule has 1 atom stereocenters. The number of unbranched alkanes of at least 4 members (excludes halogenated alkanes) is 1. The molecule has 6 nitrogen and oxygen atoms in total. The molecule has 0 saturated heterocycles. The first kappa shape index (κ1) is 19.0. The summed E-state index contributed by atoms with van der Waals surface area (Å²) in [5.41, 5.74) is 1.67. The number of hydrogen-bond donors (Lipinski definition) is 1. The van der Waals surface area contributed by atoms with E-state index in [-0.39, 0.29) is 18.0 Å². The Balaban J connectivity index is 1.62. The molecule has 0 saturated carbocycles. The predicted molar refractivity (Wildman–Crippen MR) is 106 cm³/mol. The van der Waals surface area contributed by atoms with Crippen LogP contribution in [0.1, 0.15) is 32.2 Å². The van der Waals surface area contributed by atoms with Crippen molar-refractivity contribution in [1.82, 2.24) is 9.55 Å². The van der Waals surface area contributed by atoms with E-state index in [0.29, 0.717) is 12.5 Å². The lowest BCUT2D eigenvalue weighted by Gasteiger charge is -2.15. The van der Waals surface area contributed by atoms with Crippen LogP contribution in [0.4, 0.5) is 20.4 Å². The Morgan fingerprint density at radius 1 is 1.17 bits per heavy atom.